The largest absolute Gasteiger partial charge is 0.481 e. The average Bonchev–Trinajstić information content (AvgIpc) is 2.86. The van der Waals surface area contributed by atoms with Gasteiger partial charge in [0.25, 0.3) is 5.91 Å². The second kappa shape index (κ2) is 10.4. The Labute approximate surface area is 196 Å². The van der Waals surface area contributed by atoms with E-state index in [4.69, 9.17) is 9.47 Å². The fraction of sp³-hybridized carbons (Fsp3) is 0.481. The minimum Gasteiger partial charge on any atom is -0.481 e. The van der Waals surface area contributed by atoms with Crippen LogP contribution in [0.2, 0.25) is 0 Å². The van der Waals surface area contributed by atoms with Crippen LogP contribution in [0.4, 0.5) is 0 Å². The lowest BCUT2D eigenvalue weighted by atomic mass is 9.87. The highest BCUT2D eigenvalue weighted by molar-refractivity contribution is 5.81. The fourth-order valence-electron chi connectivity index (χ4n) is 4.69. The summed E-state index contributed by atoms with van der Waals surface area (Å²) in [7, 11) is 0. The van der Waals surface area contributed by atoms with Crippen molar-refractivity contribution in [1.29, 1.82) is 0 Å². The van der Waals surface area contributed by atoms with Crippen molar-refractivity contribution in [3.63, 3.8) is 0 Å². The molecule has 6 heteroatoms. The van der Waals surface area contributed by atoms with Crippen molar-refractivity contribution in [1.82, 2.24) is 9.80 Å². The zero-order chi connectivity index (χ0) is 23.4. The van der Waals surface area contributed by atoms with E-state index < -0.39 is 6.10 Å². The van der Waals surface area contributed by atoms with Crippen molar-refractivity contribution in [2.75, 3.05) is 32.8 Å². The molecule has 0 saturated carbocycles. The number of hydrogen-bond acceptors (Lipinski definition) is 4. The van der Waals surface area contributed by atoms with Crippen LogP contribution in [0.25, 0.3) is 0 Å². The maximum atomic E-state index is 13.1. The molecule has 0 aliphatic carbocycles. The third-order valence-electron chi connectivity index (χ3n) is 6.49. The molecule has 176 valence electrons. The average molecular weight is 451 g/mol. The van der Waals surface area contributed by atoms with Gasteiger partial charge in [-0.1, -0.05) is 57.2 Å². The van der Waals surface area contributed by atoms with Gasteiger partial charge in [0.2, 0.25) is 5.91 Å². The number of rotatable bonds is 6. The summed E-state index contributed by atoms with van der Waals surface area (Å²) in [5.41, 5.74) is 3.38. The summed E-state index contributed by atoms with van der Waals surface area (Å²) in [6, 6.07) is 16.1. The van der Waals surface area contributed by atoms with E-state index in [0.717, 1.165) is 17.5 Å². The van der Waals surface area contributed by atoms with Crippen LogP contribution in [-0.4, -0.2) is 60.6 Å². The molecule has 0 N–H and O–H groups in total. The number of hydrogen-bond donors (Lipinski definition) is 0. The van der Waals surface area contributed by atoms with Gasteiger partial charge in [0, 0.05) is 25.6 Å². The van der Waals surface area contributed by atoms with Crippen molar-refractivity contribution in [3.8, 4) is 5.75 Å². The lowest BCUT2D eigenvalue weighted by Gasteiger charge is -2.39. The van der Waals surface area contributed by atoms with Crippen molar-refractivity contribution >= 4 is 11.8 Å². The third-order valence-corrected chi connectivity index (χ3v) is 6.49. The normalized spacial score (nSPS) is 19.2. The molecule has 2 amide bonds. The van der Waals surface area contributed by atoms with Gasteiger partial charge < -0.3 is 19.3 Å². The second-order valence-corrected chi connectivity index (χ2v) is 9.06. The first-order valence-corrected chi connectivity index (χ1v) is 12.0. The van der Waals surface area contributed by atoms with Crippen LogP contribution in [0.1, 0.15) is 49.9 Å². The molecule has 6 nitrogen and oxygen atoms in total. The Bertz CT molecular complexity index is 969. The molecule has 2 unspecified atom stereocenters. The maximum absolute atomic E-state index is 13.1. The van der Waals surface area contributed by atoms with Crippen molar-refractivity contribution in [2.45, 2.75) is 45.8 Å². The SMILES string of the molecule is CCC(Oc1ccc2c(c1)C(c1ccccc1)N(C(=O)C(C)C)CC2)C(=O)N1CCOCC1. The quantitative estimate of drug-likeness (QED) is 0.671. The molecule has 1 saturated heterocycles. The lowest BCUT2D eigenvalue weighted by molar-refractivity contribution is -0.143. The minimum atomic E-state index is -0.534. The Hall–Kier alpha value is -2.86. The molecule has 1 fully saturated rings. The van der Waals surface area contributed by atoms with Crippen molar-refractivity contribution in [2.24, 2.45) is 5.92 Å². The maximum Gasteiger partial charge on any atom is 0.263 e. The molecular weight excluding hydrogens is 416 g/mol. The van der Waals surface area contributed by atoms with Gasteiger partial charge in [-0.2, -0.15) is 0 Å². The Morgan fingerprint density at radius 1 is 1.03 bits per heavy atom. The summed E-state index contributed by atoms with van der Waals surface area (Å²) in [6.45, 7) is 8.90. The molecule has 0 radical (unpaired) electrons. The summed E-state index contributed by atoms with van der Waals surface area (Å²) in [4.78, 5) is 29.9. The number of morpholine rings is 1. The van der Waals surface area contributed by atoms with Gasteiger partial charge in [-0.05, 0) is 41.7 Å². The van der Waals surface area contributed by atoms with Gasteiger partial charge in [-0.25, -0.2) is 0 Å². The highest BCUT2D eigenvalue weighted by Gasteiger charge is 2.34. The van der Waals surface area contributed by atoms with Crippen LogP contribution >= 0.6 is 0 Å². The molecule has 2 aromatic rings. The van der Waals surface area contributed by atoms with E-state index in [-0.39, 0.29) is 23.8 Å². The third kappa shape index (κ3) is 5.06. The fourth-order valence-corrected chi connectivity index (χ4v) is 4.69. The predicted octanol–water partition coefficient (Wildman–Crippen LogP) is 3.83. The van der Waals surface area contributed by atoms with E-state index in [1.54, 1.807) is 0 Å². The highest BCUT2D eigenvalue weighted by atomic mass is 16.5. The molecule has 0 spiro atoms. The molecule has 0 aromatic heterocycles. The van der Waals surface area contributed by atoms with Gasteiger partial charge in [-0.3, -0.25) is 9.59 Å². The highest BCUT2D eigenvalue weighted by Crippen LogP contribution is 2.38. The first-order chi connectivity index (χ1) is 16.0. The van der Waals surface area contributed by atoms with E-state index in [9.17, 15) is 9.59 Å². The van der Waals surface area contributed by atoms with Crippen LogP contribution in [-0.2, 0) is 20.7 Å². The van der Waals surface area contributed by atoms with E-state index in [0.29, 0.717) is 45.0 Å². The standard InChI is InChI=1S/C27H34N2O4/c1-4-24(27(31)28-14-16-32-17-15-28)33-22-11-10-20-12-13-29(26(30)19(2)3)25(23(20)18-22)21-8-6-5-7-9-21/h5-11,18-19,24-25H,4,12-17H2,1-3H3. The zero-order valence-electron chi connectivity index (χ0n) is 19.8. The molecule has 2 aromatic carbocycles. The smallest absolute Gasteiger partial charge is 0.263 e. The number of nitrogens with zero attached hydrogens (tertiary/aromatic N) is 2. The summed E-state index contributed by atoms with van der Waals surface area (Å²) >= 11 is 0. The Balaban J connectivity index is 1.64. The van der Waals surface area contributed by atoms with Crippen LogP contribution in [0.5, 0.6) is 5.75 Å². The summed E-state index contributed by atoms with van der Waals surface area (Å²) in [5, 5.41) is 0. The molecule has 0 bridgehead atoms. The predicted molar refractivity (Wildman–Crippen MR) is 127 cm³/mol. The van der Waals surface area contributed by atoms with Crippen LogP contribution < -0.4 is 4.74 Å². The summed E-state index contributed by atoms with van der Waals surface area (Å²) in [6.07, 6.45) is 0.864. The molecule has 2 aliphatic heterocycles. The van der Waals surface area contributed by atoms with Crippen molar-refractivity contribution < 1.29 is 19.1 Å². The topological polar surface area (TPSA) is 59.1 Å². The monoisotopic (exact) mass is 450 g/mol. The molecule has 4 rings (SSSR count). The number of carbonyl (C=O) groups excluding carboxylic acids is 2. The van der Waals surface area contributed by atoms with Crippen LogP contribution in [0.3, 0.4) is 0 Å². The number of ether oxygens (including phenoxy) is 2. The lowest BCUT2D eigenvalue weighted by Crippen LogP contribution is -2.47. The van der Waals surface area contributed by atoms with Crippen LogP contribution in [0, 0.1) is 5.92 Å². The van der Waals surface area contributed by atoms with E-state index >= 15 is 0 Å². The van der Waals surface area contributed by atoms with Gasteiger partial charge in [-0.15, -0.1) is 0 Å². The number of carbonyl (C=O) groups is 2. The Morgan fingerprint density at radius 2 is 1.76 bits per heavy atom. The molecular formula is C27H34N2O4. The summed E-state index contributed by atoms with van der Waals surface area (Å²) in [5.74, 6) is 0.749. The van der Waals surface area contributed by atoms with Gasteiger partial charge in [0.1, 0.15) is 5.75 Å². The Morgan fingerprint density at radius 3 is 2.42 bits per heavy atom. The number of amides is 2. The number of fused-ring (bicyclic) bond motifs is 1. The van der Waals surface area contributed by atoms with Gasteiger partial charge in [0.05, 0.1) is 19.3 Å². The molecule has 2 heterocycles. The van der Waals surface area contributed by atoms with Crippen molar-refractivity contribution in [3.05, 3.63) is 65.2 Å². The molecule has 2 aliphatic rings. The van der Waals surface area contributed by atoms with E-state index in [1.807, 2.05) is 60.9 Å². The van der Waals surface area contributed by atoms with Crippen LogP contribution in [0.15, 0.2) is 48.5 Å². The number of benzene rings is 2. The Kier molecular flexibility index (Phi) is 7.33. The summed E-state index contributed by atoms with van der Waals surface area (Å²) < 4.78 is 11.6. The first kappa shape index (κ1) is 23.3. The zero-order valence-corrected chi connectivity index (χ0v) is 19.8. The first-order valence-electron chi connectivity index (χ1n) is 12.0. The second-order valence-electron chi connectivity index (χ2n) is 9.06. The minimum absolute atomic E-state index is 0.00902. The van der Waals surface area contributed by atoms with Gasteiger partial charge in [0.15, 0.2) is 6.10 Å². The van der Waals surface area contributed by atoms with Gasteiger partial charge >= 0.3 is 0 Å². The molecule has 2 atom stereocenters. The van der Waals surface area contributed by atoms with E-state index in [1.165, 1.54) is 5.56 Å². The molecule has 33 heavy (non-hydrogen) atoms. The van der Waals surface area contributed by atoms with E-state index in [2.05, 4.69) is 18.2 Å².